The van der Waals surface area contributed by atoms with E-state index in [0.29, 0.717) is 29.9 Å². The first-order valence-corrected chi connectivity index (χ1v) is 7.64. The minimum atomic E-state index is 0.343. The second-order valence-electron chi connectivity index (χ2n) is 5.06. The predicted octanol–water partition coefficient (Wildman–Crippen LogP) is 2.62. The molecule has 1 fully saturated rings. The average molecular weight is 267 g/mol. The lowest BCUT2D eigenvalue weighted by atomic mass is 10.1. The van der Waals surface area contributed by atoms with E-state index < -0.39 is 0 Å². The van der Waals surface area contributed by atoms with Gasteiger partial charge in [-0.05, 0) is 31.9 Å². The fraction of sp³-hybridized carbons (Fsp3) is 0.750. The maximum absolute atomic E-state index is 4.43. The quantitative estimate of drug-likeness (QED) is 0.773. The summed E-state index contributed by atoms with van der Waals surface area (Å²) in [7, 11) is 0. The van der Waals surface area contributed by atoms with Gasteiger partial charge in [-0.25, -0.2) is 0 Å². The van der Waals surface area contributed by atoms with Crippen molar-refractivity contribution in [2.24, 2.45) is 5.92 Å². The van der Waals surface area contributed by atoms with E-state index in [1.165, 1.54) is 24.6 Å². The third-order valence-electron chi connectivity index (χ3n) is 3.06. The molecule has 1 aromatic heterocycles. The second-order valence-corrected chi connectivity index (χ2v) is 5.84. The van der Waals surface area contributed by atoms with E-state index in [-0.39, 0.29) is 0 Å². The Bertz CT molecular complexity index is 405. The summed E-state index contributed by atoms with van der Waals surface area (Å²) < 4.78 is 0. The van der Waals surface area contributed by atoms with Gasteiger partial charge < -0.3 is 10.6 Å². The highest BCUT2D eigenvalue weighted by Gasteiger charge is 2.22. The molecule has 0 spiro atoms. The molecule has 0 radical (unpaired) electrons. The summed E-state index contributed by atoms with van der Waals surface area (Å²) in [5.74, 6) is 1.90. The van der Waals surface area contributed by atoms with E-state index in [1.807, 2.05) is 6.26 Å². The SMILES string of the molecule is CSc1nc(NC2CC2)nc(NC(C)C(C)C)n1. The smallest absolute Gasteiger partial charge is 0.228 e. The van der Waals surface area contributed by atoms with Crippen LogP contribution < -0.4 is 10.6 Å². The molecule has 2 rings (SSSR count). The summed E-state index contributed by atoms with van der Waals surface area (Å²) in [6.07, 6.45) is 4.41. The Morgan fingerprint density at radius 3 is 2.33 bits per heavy atom. The molecule has 1 atom stereocenters. The van der Waals surface area contributed by atoms with E-state index in [9.17, 15) is 0 Å². The van der Waals surface area contributed by atoms with Gasteiger partial charge in [-0.3, -0.25) is 0 Å². The molecule has 1 heterocycles. The van der Waals surface area contributed by atoms with Crippen LogP contribution in [0.2, 0.25) is 0 Å². The van der Waals surface area contributed by atoms with Crippen LogP contribution in [0.15, 0.2) is 5.16 Å². The lowest BCUT2D eigenvalue weighted by molar-refractivity contribution is 0.555. The summed E-state index contributed by atoms with van der Waals surface area (Å²) in [5, 5.41) is 7.41. The average Bonchev–Trinajstić information content (AvgIpc) is 3.12. The lowest BCUT2D eigenvalue weighted by Gasteiger charge is -2.17. The predicted molar refractivity (Wildman–Crippen MR) is 76.2 cm³/mol. The Morgan fingerprint density at radius 1 is 1.11 bits per heavy atom. The van der Waals surface area contributed by atoms with Crippen LogP contribution in [0.1, 0.15) is 33.6 Å². The molecule has 1 aliphatic carbocycles. The number of hydrogen-bond donors (Lipinski definition) is 2. The van der Waals surface area contributed by atoms with Crippen molar-refractivity contribution < 1.29 is 0 Å². The van der Waals surface area contributed by atoms with Crippen LogP contribution >= 0.6 is 11.8 Å². The molecule has 2 N–H and O–H groups in total. The number of nitrogens with zero attached hydrogens (tertiary/aromatic N) is 3. The molecule has 1 unspecified atom stereocenters. The molecule has 1 aliphatic rings. The zero-order valence-corrected chi connectivity index (χ0v) is 12.2. The summed E-state index contributed by atoms with van der Waals surface area (Å²) in [5.41, 5.74) is 0. The molecule has 0 aliphatic heterocycles. The van der Waals surface area contributed by atoms with Crippen LogP contribution in [-0.2, 0) is 0 Å². The Kier molecular flexibility index (Phi) is 4.27. The molecule has 0 saturated heterocycles. The maximum atomic E-state index is 4.43. The first-order valence-electron chi connectivity index (χ1n) is 6.41. The number of anilines is 2. The van der Waals surface area contributed by atoms with Gasteiger partial charge >= 0.3 is 0 Å². The summed E-state index contributed by atoms with van der Waals surface area (Å²) >= 11 is 1.54. The van der Waals surface area contributed by atoms with Crippen molar-refractivity contribution in [2.45, 2.75) is 50.9 Å². The van der Waals surface area contributed by atoms with Crippen LogP contribution in [-0.4, -0.2) is 33.3 Å². The molecule has 0 aromatic carbocycles. The zero-order valence-electron chi connectivity index (χ0n) is 11.4. The van der Waals surface area contributed by atoms with Crippen molar-refractivity contribution in [3.63, 3.8) is 0 Å². The molecule has 0 bridgehead atoms. The minimum Gasteiger partial charge on any atom is -0.351 e. The van der Waals surface area contributed by atoms with Gasteiger partial charge in [0.25, 0.3) is 0 Å². The van der Waals surface area contributed by atoms with Gasteiger partial charge in [0.1, 0.15) is 0 Å². The van der Waals surface area contributed by atoms with Crippen molar-refractivity contribution in [2.75, 3.05) is 16.9 Å². The number of thioether (sulfide) groups is 1. The molecular weight excluding hydrogens is 246 g/mol. The highest BCUT2D eigenvalue weighted by Crippen LogP contribution is 2.24. The summed E-state index contributed by atoms with van der Waals surface area (Å²) in [6, 6.07) is 0.897. The van der Waals surface area contributed by atoms with Gasteiger partial charge in [-0.15, -0.1) is 0 Å². The van der Waals surface area contributed by atoms with Crippen molar-refractivity contribution in [3.05, 3.63) is 0 Å². The molecular formula is C12H21N5S. The van der Waals surface area contributed by atoms with Gasteiger partial charge in [0.15, 0.2) is 5.16 Å². The van der Waals surface area contributed by atoms with E-state index in [4.69, 9.17) is 0 Å². The lowest BCUT2D eigenvalue weighted by Crippen LogP contribution is -2.23. The molecule has 18 heavy (non-hydrogen) atoms. The fourth-order valence-electron chi connectivity index (χ4n) is 1.36. The van der Waals surface area contributed by atoms with Gasteiger partial charge in [-0.2, -0.15) is 15.0 Å². The van der Waals surface area contributed by atoms with Gasteiger partial charge in [0.2, 0.25) is 11.9 Å². The van der Waals surface area contributed by atoms with Crippen LogP contribution in [0.3, 0.4) is 0 Å². The first kappa shape index (κ1) is 13.4. The van der Waals surface area contributed by atoms with Crippen LogP contribution in [0, 0.1) is 5.92 Å². The largest absolute Gasteiger partial charge is 0.351 e. The van der Waals surface area contributed by atoms with Crippen LogP contribution in [0.4, 0.5) is 11.9 Å². The highest BCUT2D eigenvalue weighted by molar-refractivity contribution is 7.98. The topological polar surface area (TPSA) is 62.7 Å². The highest BCUT2D eigenvalue weighted by atomic mass is 32.2. The Morgan fingerprint density at radius 2 is 1.78 bits per heavy atom. The Balaban J connectivity index is 2.11. The number of aromatic nitrogens is 3. The second kappa shape index (κ2) is 5.73. The van der Waals surface area contributed by atoms with Crippen molar-refractivity contribution in [3.8, 4) is 0 Å². The van der Waals surface area contributed by atoms with Crippen LogP contribution in [0.25, 0.3) is 0 Å². The molecule has 1 aromatic rings. The third-order valence-corrected chi connectivity index (χ3v) is 3.61. The molecule has 0 amide bonds. The number of rotatable bonds is 6. The molecule has 5 nitrogen and oxygen atoms in total. The van der Waals surface area contributed by atoms with Gasteiger partial charge in [-0.1, -0.05) is 25.6 Å². The number of nitrogens with one attached hydrogen (secondary N) is 2. The van der Waals surface area contributed by atoms with Crippen molar-refractivity contribution in [1.29, 1.82) is 0 Å². The summed E-state index contributed by atoms with van der Waals surface area (Å²) in [4.78, 5) is 13.2. The van der Waals surface area contributed by atoms with Crippen LogP contribution in [0.5, 0.6) is 0 Å². The van der Waals surface area contributed by atoms with Gasteiger partial charge in [0, 0.05) is 12.1 Å². The van der Waals surface area contributed by atoms with E-state index in [2.05, 4.69) is 46.4 Å². The van der Waals surface area contributed by atoms with Crippen molar-refractivity contribution in [1.82, 2.24) is 15.0 Å². The normalized spacial score (nSPS) is 16.7. The number of hydrogen-bond acceptors (Lipinski definition) is 6. The zero-order chi connectivity index (χ0) is 13.1. The Labute approximate surface area is 113 Å². The molecule has 1 saturated carbocycles. The standard InChI is InChI=1S/C12H21N5S/c1-7(2)8(3)13-10-15-11(14-9-5-6-9)17-12(16-10)18-4/h7-9H,5-6H2,1-4H3,(H2,13,14,15,16,17). The van der Waals surface area contributed by atoms with E-state index >= 15 is 0 Å². The first-order chi connectivity index (χ1) is 8.58. The van der Waals surface area contributed by atoms with E-state index in [1.54, 1.807) is 0 Å². The third kappa shape index (κ3) is 3.73. The summed E-state index contributed by atoms with van der Waals surface area (Å²) in [6.45, 7) is 6.50. The molecule has 6 heteroatoms. The maximum Gasteiger partial charge on any atom is 0.228 e. The van der Waals surface area contributed by atoms with Gasteiger partial charge in [0.05, 0.1) is 0 Å². The molecule has 100 valence electrons. The van der Waals surface area contributed by atoms with E-state index in [0.717, 1.165) is 5.16 Å². The van der Waals surface area contributed by atoms with Crippen molar-refractivity contribution >= 4 is 23.7 Å². The monoisotopic (exact) mass is 267 g/mol. The minimum absolute atomic E-state index is 0.343. The fourth-order valence-corrected chi connectivity index (χ4v) is 1.71. The Hall–Kier alpha value is -1.04.